The summed E-state index contributed by atoms with van der Waals surface area (Å²) in [5, 5.41) is 3.65. The average Bonchev–Trinajstić information content (AvgIpc) is 2.30. The lowest BCUT2D eigenvalue weighted by Gasteiger charge is -2.29. The van der Waals surface area contributed by atoms with Crippen molar-refractivity contribution in [2.45, 2.75) is 52.9 Å². The SMILES string of the molecule is CCC(C)(C)CNCC1CCC(CN)CC1. The van der Waals surface area contributed by atoms with E-state index < -0.39 is 0 Å². The fraction of sp³-hybridized carbons (Fsp3) is 1.00. The maximum absolute atomic E-state index is 5.71. The molecule has 1 rings (SSSR count). The highest BCUT2D eigenvalue weighted by molar-refractivity contribution is 4.76. The van der Waals surface area contributed by atoms with Gasteiger partial charge in [-0.15, -0.1) is 0 Å². The molecule has 96 valence electrons. The summed E-state index contributed by atoms with van der Waals surface area (Å²) >= 11 is 0. The minimum Gasteiger partial charge on any atom is -0.330 e. The highest BCUT2D eigenvalue weighted by Gasteiger charge is 2.21. The molecule has 2 nitrogen and oxygen atoms in total. The molecule has 0 radical (unpaired) electrons. The molecule has 0 amide bonds. The Morgan fingerprint density at radius 3 is 2.19 bits per heavy atom. The first kappa shape index (κ1) is 14.0. The van der Waals surface area contributed by atoms with Crippen LogP contribution in [0.15, 0.2) is 0 Å². The number of hydrogen-bond donors (Lipinski definition) is 2. The molecule has 0 aromatic carbocycles. The van der Waals surface area contributed by atoms with Crippen LogP contribution >= 0.6 is 0 Å². The highest BCUT2D eigenvalue weighted by Crippen LogP contribution is 2.27. The highest BCUT2D eigenvalue weighted by atomic mass is 14.9. The van der Waals surface area contributed by atoms with Crippen molar-refractivity contribution >= 4 is 0 Å². The third-order valence-electron chi connectivity index (χ3n) is 4.29. The van der Waals surface area contributed by atoms with Crippen LogP contribution in [0, 0.1) is 17.3 Å². The lowest BCUT2D eigenvalue weighted by molar-refractivity contribution is 0.254. The van der Waals surface area contributed by atoms with E-state index in [0.717, 1.165) is 24.9 Å². The largest absolute Gasteiger partial charge is 0.330 e. The molecule has 0 spiro atoms. The first-order valence-electron chi connectivity index (χ1n) is 6.98. The summed E-state index contributed by atoms with van der Waals surface area (Å²) in [7, 11) is 0. The Hall–Kier alpha value is -0.0800. The van der Waals surface area contributed by atoms with Gasteiger partial charge in [-0.1, -0.05) is 20.8 Å². The van der Waals surface area contributed by atoms with E-state index >= 15 is 0 Å². The zero-order valence-electron chi connectivity index (χ0n) is 11.4. The predicted octanol–water partition coefficient (Wildman–Crippen LogP) is 2.78. The van der Waals surface area contributed by atoms with Crippen LogP contribution in [0.4, 0.5) is 0 Å². The Labute approximate surface area is 101 Å². The van der Waals surface area contributed by atoms with E-state index in [2.05, 4.69) is 26.1 Å². The van der Waals surface area contributed by atoms with Crippen molar-refractivity contribution < 1.29 is 0 Å². The first-order valence-corrected chi connectivity index (χ1v) is 6.98. The summed E-state index contributed by atoms with van der Waals surface area (Å²) in [6.45, 7) is 10.2. The van der Waals surface area contributed by atoms with E-state index in [9.17, 15) is 0 Å². The van der Waals surface area contributed by atoms with Gasteiger partial charge in [0.2, 0.25) is 0 Å². The minimum atomic E-state index is 0.453. The van der Waals surface area contributed by atoms with E-state index in [0.29, 0.717) is 5.41 Å². The van der Waals surface area contributed by atoms with Crippen molar-refractivity contribution in [3.05, 3.63) is 0 Å². The molecule has 0 heterocycles. The summed E-state index contributed by atoms with van der Waals surface area (Å²) in [6.07, 6.45) is 6.70. The Bertz CT molecular complexity index is 181. The van der Waals surface area contributed by atoms with Gasteiger partial charge in [-0.3, -0.25) is 0 Å². The normalized spacial score (nSPS) is 27.0. The van der Waals surface area contributed by atoms with Crippen LogP contribution in [-0.4, -0.2) is 19.6 Å². The average molecular weight is 226 g/mol. The third kappa shape index (κ3) is 4.84. The van der Waals surface area contributed by atoms with Crippen LogP contribution in [0.5, 0.6) is 0 Å². The molecule has 3 N–H and O–H groups in total. The van der Waals surface area contributed by atoms with E-state index in [1.54, 1.807) is 0 Å². The van der Waals surface area contributed by atoms with Crippen molar-refractivity contribution in [3.8, 4) is 0 Å². The molecule has 0 saturated heterocycles. The van der Waals surface area contributed by atoms with Gasteiger partial charge in [0.15, 0.2) is 0 Å². The zero-order chi connectivity index (χ0) is 12.0. The van der Waals surface area contributed by atoms with Gasteiger partial charge < -0.3 is 11.1 Å². The summed E-state index contributed by atoms with van der Waals surface area (Å²) in [4.78, 5) is 0. The smallest absolute Gasteiger partial charge is 0.000253 e. The molecule has 0 aromatic heterocycles. The monoisotopic (exact) mass is 226 g/mol. The van der Waals surface area contributed by atoms with Crippen LogP contribution in [0.2, 0.25) is 0 Å². The second-order valence-corrected chi connectivity index (χ2v) is 6.27. The maximum atomic E-state index is 5.71. The van der Waals surface area contributed by atoms with Gasteiger partial charge >= 0.3 is 0 Å². The van der Waals surface area contributed by atoms with Crippen LogP contribution in [0.25, 0.3) is 0 Å². The summed E-state index contributed by atoms with van der Waals surface area (Å²) in [5.74, 6) is 1.71. The third-order valence-corrected chi connectivity index (χ3v) is 4.29. The molecule has 2 heteroatoms. The fourth-order valence-electron chi connectivity index (χ4n) is 2.41. The topological polar surface area (TPSA) is 38.0 Å². The van der Waals surface area contributed by atoms with Gasteiger partial charge in [-0.05, 0) is 62.4 Å². The first-order chi connectivity index (χ1) is 7.57. The van der Waals surface area contributed by atoms with Crippen LogP contribution in [-0.2, 0) is 0 Å². The molecule has 0 aromatic rings. The Morgan fingerprint density at radius 1 is 1.12 bits per heavy atom. The van der Waals surface area contributed by atoms with Crippen molar-refractivity contribution in [3.63, 3.8) is 0 Å². The molecular weight excluding hydrogens is 196 g/mol. The quantitative estimate of drug-likeness (QED) is 0.731. The molecule has 1 aliphatic carbocycles. The van der Waals surface area contributed by atoms with Crippen LogP contribution < -0.4 is 11.1 Å². The number of nitrogens with two attached hydrogens (primary N) is 1. The van der Waals surface area contributed by atoms with Crippen molar-refractivity contribution in [1.29, 1.82) is 0 Å². The van der Waals surface area contributed by atoms with Gasteiger partial charge in [0.1, 0.15) is 0 Å². The zero-order valence-corrected chi connectivity index (χ0v) is 11.4. The molecule has 0 atom stereocenters. The lowest BCUT2D eigenvalue weighted by atomic mass is 9.82. The Balaban J connectivity index is 2.11. The van der Waals surface area contributed by atoms with Gasteiger partial charge in [-0.2, -0.15) is 0 Å². The van der Waals surface area contributed by atoms with Crippen molar-refractivity contribution in [2.75, 3.05) is 19.6 Å². The molecule has 0 aliphatic heterocycles. The van der Waals surface area contributed by atoms with E-state index in [1.165, 1.54) is 38.6 Å². The molecule has 0 bridgehead atoms. The van der Waals surface area contributed by atoms with Crippen LogP contribution in [0.3, 0.4) is 0 Å². The Kier molecular flexibility index (Phi) is 5.77. The standard InChI is InChI=1S/C14H30N2/c1-4-14(2,3)11-16-10-13-7-5-12(9-15)6-8-13/h12-13,16H,4-11,15H2,1-3H3. The summed E-state index contributed by atoms with van der Waals surface area (Å²) in [6, 6.07) is 0. The van der Waals surface area contributed by atoms with Crippen molar-refractivity contribution in [1.82, 2.24) is 5.32 Å². The van der Waals surface area contributed by atoms with Crippen molar-refractivity contribution in [2.24, 2.45) is 23.0 Å². The fourth-order valence-corrected chi connectivity index (χ4v) is 2.41. The van der Waals surface area contributed by atoms with E-state index in [-0.39, 0.29) is 0 Å². The van der Waals surface area contributed by atoms with Gasteiger partial charge in [0.25, 0.3) is 0 Å². The second kappa shape index (κ2) is 6.61. The molecule has 16 heavy (non-hydrogen) atoms. The molecule has 1 saturated carbocycles. The number of rotatable bonds is 6. The molecule has 1 aliphatic rings. The maximum Gasteiger partial charge on any atom is 0.000253 e. The van der Waals surface area contributed by atoms with E-state index in [4.69, 9.17) is 5.73 Å². The van der Waals surface area contributed by atoms with E-state index in [1.807, 2.05) is 0 Å². The lowest BCUT2D eigenvalue weighted by Crippen LogP contribution is -2.34. The summed E-state index contributed by atoms with van der Waals surface area (Å²) < 4.78 is 0. The second-order valence-electron chi connectivity index (χ2n) is 6.27. The minimum absolute atomic E-state index is 0.453. The van der Waals surface area contributed by atoms with Gasteiger partial charge in [0, 0.05) is 6.54 Å². The predicted molar refractivity (Wildman–Crippen MR) is 71.4 cm³/mol. The summed E-state index contributed by atoms with van der Waals surface area (Å²) in [5.41, 5.74) is 6.16. The molecule has 1 fully saturated rings. The van der Waals surface area contributed by atoms with Gasteiger partial charge in [0.05, 0.1) is 0 Å². The van der Waals surface area contributed by atoms with Crippen LogP contribution in [0.1, 0.15) is 52.9 Å². The molecule has 0 unspecified atom stereocenters. The number of nitrogens with one attached hydrogen (secondary N) is 1. The van der Waals surface area contributed by atoms with Gasteiger partial charge in [-0.25, -0.2) is 0 Å². The molecular formula is C14H30N2. The Morgan fingerprint density at radius 2 is 1.69 bits per heavy atom. The number of hydrogen-bond acceptors (Lipinski definition) is 2.